The van der Waals surface area contributed by atoms with E-state index in [2.05, 4.69) is 15.0 Å². The van der Waals surface area contributed by atoms with Crippen LogP contribution in [0, 0.1) is 6.92 Å². The van der Waals surface area contributed by atoms with E-state index in [9.17, 15) is 0 Å². The van der Waals surface area contributed by atoms with E-state index in [0.717, 1.165) is 16.4 Å². The van der Waals surface area contributed by atoms with Crippen LogP contribution in [-0.2, 0) is 0 Å². The molecule has 0 saturated heterocycles. The van der Waals surface area contributed by atoms with E-state index < -0.39 is 0 Å². The quantitative estimate of drug-likeness (QED) is 0.667. The highest BCUT2D eigenvalue weighted by Crippen LogP contribution is 2.17. The van der Waals surface area contributed by atoms with E-state index >= 15 is 0 Å². The van der Waals surface area contributed by atoms with Gasteiger partial charge in [-0.3, -0.25) is 9.97 Å². The molecule has 0 aliphatic rings. The first-order valence-electron chi connectivity index (χ1n) is 3.55. The lowest BCUT2D eigenvalue weighted by Crippen LogP contribution is -1.83. The number of nitrogens with zero attached hydrogens (tertiary/aromatic N) is 3. The minimum atomic E-state index is 0.835. The molecule has 2 aromatic heterocycles. The first-order chi connectivity index (χ1) is 5.86. The van der Waals surface area contributed by atoms with Gasteiger partial charge in [-0.05, 0) is 6.92 Å². The van der Waals surface area contributed by atoms with Gasteiger partial charge in [0.25, 0.3) is 0 Å². The summed E-state index contributed by atoms with van der Waals surface area (Å²) >= 11 is 1.62. The molecule has 0 fully saturated rings. The predicted molar refractivity (Wildman–Crippen MR) is 47.9 cm³/mol. The van der Waals surface area contributed by atoms with Crippen molar-refractivity contribution < 1.29 is 0 Å². The molecule has 0 aliphatic heterocycles. The Labute approximate surface area is 74.2 Å². The van der Waals surface area contributed by atoms with Crippen molar-refractivity contribution >= 4 is 11.3 Å². The van der Waals surface area contributed by atoms with Gasteiger partial charge in [-0.2, -0.15) is 0 Å². The monoisotopic (exact) mass is 177 g/mol. The first kappa shape index (κ1) is 7.36. The van der Waals surface area contributed by atoms with Gasteiger partial charge in [-0.25, -0.2) is 4.98 Å². The lowest BCUT2D eigenvalue weighted by Gasteiger charge is -1.91. The van der Waals surface area contributed by atoms with Gasteiger partial charge in [0, 0.05) is 17.8 Å². The largest absolute Gasteiger partial charge is 0.261 e. The summed E-state index contributed by atoms with van der Waals surface area (Å²) < 4.78 is 0. The van der Waals surface area contributed by atoms with Crippen LogP contribution in [0.1, 0.15) is 5.01 Å². The topological polar surface area (TPSA) is 38.7 Å². The fourth-order valence-corrected chi connectivity index (χ4v) is 1.52. The molecule has 2 rings (SSSR count). The van der Waals surface area contributed by atoms with Crippen LogP contribution in [0.2, 0.25) is 0 Å². The van der Waals surface area contributed by atoms with Crippen molar-refractivity contribution in [1.29, 1.82) is 0 Å². The third-order valence-electron chi connectivity index (χ3n) is 1.44. The molecule has 3 nitrogen and oxygen atoms in total. The molecule has 0 N–H and O–H groups in total. The van der Waals surface area contributed by atoms with Gasteiger partial charge in [0.1, 0.15) is 11.4 Å². The van der Waals surface area contributed by atoms with Crippen molar-refractivity contribution in [3.05, 3.63) is 29.0 Å². The number of rotatable bonds is 1. The lowest BCUT2D eigenvalue weighted by atomic mass is 10.4. The average molecular weight is 177 g/mol. The van der Waals surface area contributed by atoms with Crippen LogP contribution < -0.4 is 0 Å². The highest BCUT2D eigenvalue weighted by Gasteiger charge is 2.01. The molecule has 4 heteroatoms. The second-order valence-corrected chi connectivity index (χ2v) is 3.40. The second-order valence-electron chi connectivity index (χ2n) is 2.34. The van der Waals surface area contributed by atoms with Gasteiger partial charge in [-0.15, -0.1) is 11.3 Å². The van der Waals surface area contributed by atoms with Crippen LogP contribution in [0.15, 0.2) is 24.0 Å². The molecule has 0 amide bonds. The fraction of sp³-hybridized carbons (Fsp3) is 0.125. The molecule has 12 heavy (non-hydrogen) atoms. The molecule has 0 radical (unpaired) electrons. The zero-order valence-corrected chi connectivity index (χ0v) is 7.38. The van der Waals surface area contributed by atoms with Gasteiger partial charge in [-0.1, -0.05) is 0 Å². The van der Waals surface area contributed by atoms with E-state index in [1.54, 1.807) is 29.9 Å². The second kappa shape index (κ2) is 2.98. The van der Waals surface area contributed by atoms with Gasteiger partial charge in [0.2, 0.25) is 0 Å². The maximum atomic E-state index is 4.30. The molecular formula is C8H7N3S. The van der Waals surface area contributed by atoms with Crippen LogP contribution in [0.3, 0.4) is 0 Å². The molecule has 0 bridgehead atoms. The lowest BCUT2D eigenvalue weighted by molar-refractivity contribution is 1.18. The zero-order valence-electron chi connectivity index (χ0n) is 6.56. The van der Waals surface area contributed by atoms with Crippen LogP contribution in [0.5, 0.6) is 0 Å². The Morgan fingerprint density at radius 3 is 2.75 bits per heavy atom. The smallest absolute Gasteiger partial charge is 0.108 e. The predicted octanol–water partition coefficient (Wildman–Crippen LogP) is 1.91. The number of hydrogen-bond acceptors (Lipinski definition) is 4. The van der Waals surface area contributed by atoms with Crippen molar-refractivity contribution in [2.45, 2.75) is 6.92 Å². The third-order valence-corrected chi connectivity index (χ3v) is 2.22. The summed E-state index contributed by atoms with van der Waals surface area (Å²) in [7, 11) is 0. The average Bonchev–Trinajstić information content (AvgIpc) is 2.54. The maximum absolute atomic E-state index is 4.30. The van der Waals surface area contributed by atoms with Crippen molar-refractivity contribution in [3.63, 3.8) is 0 Å². The van der Waals surface area contributed by atoms with Gasteiger partial charge < -0.3 is 0 Å². The van der Waals surface area contributed by atoms with E-state index in [1.165, 1.54) is 0 Å². The maximum Gasteiger partial charge on any atom is 0.108 e. The molecule has 0 aromatic carbocycles. The molecule has 0 saturated carbocycles. The number of aromatic nitrogens is 3. The molecule has 60 valence electrons. The number of thiazole rings is 1. The van der Waals surface area contributed by atoms with Gasteiger partial charge in [0.15, 0.2) is 0 Å². The molecule has 2 aromatic rings. The van der Waals surface area contributed by atoms with Crippen LogP contribution in [0.4, 0.5) is 0 Å². The molecular weight excluding hydrogens is 170 g/mol. The Balaban J connectivity index is 2.45. The molecule has 2 heterocycles. The summed E-state index contributed by atoms with van der Waals surface area (Å²) in [6.45, 7) is 1.98. The molecule has 0 atom stereocenters. The Kier molecular flexibility index (Phi) is 1.83. The normalized spacial score (nSPS) is 10.1. The van der Waals surface area contributed by atoms with E-state index in [-0.39, 0.29) is 0 Å². The summed E-state index contributed by atoms with van der Waals surface area (Å²) in [5.41, 5.74) is 1.74. The summed E-state index contributed by atoms with van der Waals surface area (Å²) in [6.07, 6.45) is 5.04. The van der Waals surface area contributed by atoms with Crippen molar-refractivity contribution in [2.24, 2.45) is 0 Å². The minimum absolute atomic E-state index is 0.835. The van der Waals surface area contributed by atoms with Crippen molar-refractivity contribution in [2.75, 3.05) is 0 Å². The fourth-order valence-electron chi connectivity index (χ4n) is 0.912. The highest BCUT2D eigenvalue weighted by molar-refractivity contribution is 7.09. The summed E-state index contributed by atoms with van der Waals surface area (Å²) in [5.74, 6) is 0. The van der Waals surface area contributed by atoms with Crippen molar-refractivity contribution in [1.82, 2.24) is 15.0 Å². The van der Waals surface area contributed by atoms with E-state index in [0.29, 0.717) is 0 Å². The standard InChI is InChI=1S/C8H7N3S/c1-6-11-8(5-12-6)7-4-9-2-3-10-7/h2-5H,1H3. The van der Waals surface area contributed by atoms with Crippen LogP contribution >= 0.6 is 11.3 Å². The Morgan fingerprint density at radius 2 is 2.17 bits per heavy atom. The zero-order chi connectivity index (χ0) is 8.39. The van der Waals surface area contributed by atoms with Crippen LogP contribution in [-0.4, -0.2) is 15.0 Å². The van der Waals surface area contributed by atoms with Crippen molar-refractivity contribution in [3.8, 4) is 11.4 Å². The molecule has 0 aliphatic carbocycles. The Bertz CT molecular complexity index is 369. The summed E-state index contributed by atoms with van der Waals surface area (Å²) in [4.78, 5) is 12.4. The number of aryl methyl sites for hydroxylation is 1. The van der Waals surface area contributed by atoms with Gasteiger partial charge in [0.05, 0.1) is 11.2 Å². The summed E-state index contributed by atoms with van der Waals surface area (Å²) in [5, 5.41) is 3.04. The SMILES string of the molecule is Cc1nc(-c2cnccn2)cs1. The molecule has 0 unspecified atom stereocenters. The third kappa shape index (κ3) is 1.33. The van der Waals surface area contributed by atoms with E-state index in [1.807, 2.05) is 12.3 Å². The highest BCUT2D eigenvalue weighted by atomic mass is 32.1. The van der Waals surface area contributed by atoms with Crippen LogP contribution in [0.25, 0.3) is 11.4 Å². The first-order valence-corrected chi connectivity index (χ1v) is 4.43. The van der Waals surface area contributed by atoms with Gasteiger partial charge >= 0.3 is 0 Å². The Hall–Kier alpha value is -1.29. The van der Waals surface area contributed by atoms with E-state index in [4.69, 9.17) is 0 Å². The Morgan fingerprint density at radius 1 is 1.25 bits per heavy atom. The number of hydrogen-bond donors (Lipinski definition) is 0. The molecule has 0 spiro atoms. The minimum Gasteiger partial charge on any atom is -0.261 e. The summed E-state index contributed by atoms with van der Waals surface area (Å²) in [6, 6.07) is 0.